The maximum atomic E-state index is 12.1. The van der Waals surface area contributed by atoms with E-state index in [1.165, 1.54) is 17.4 Å². The summed E-state index contributed by atoms with van der Waals surface area (Å²) in [4.78, 5) is 35.8. The van der Waals surface area contributed by atoms with Crippen LogP contribution in [-0.2, 0) is 9.53 Å². The molecule has 3 aromatic rings. The minimum absolute atomic E-state index is 0.212. The highest BCUT2D eigenvalue weighted by molar-refractivity contribution is 7.21. The first-order chi connectivity index (χ1) is 11.1. The van der Waals surface area contributed by atoms with Gasteiger partial charge in [-0.1, -0.05) is 12.1 Å². The van der Waals surface area contributed by atoms with Gasteiger partial charge in [0.25, 0.3) is 5.91 Å². The molecule has 0 spiro atoms. The van der Waals surface area contributed by atoms with E-state index in [4.69, 9.17) is 9.15 Å². The van der Waals surface area contributed by atoms with Crippen molar-refractivity contribution < 1.29 is 18.7 Å². The van der Waals surface area contributed by atoms with Crippen molar-refractivity contribution in [3.05, 3.63) is 45.6 Å². The summed E-state index contributed by atoms with van der Waals surface area (Å²) in [7, 11) is 0. The molecule has 3 rings (SSSR count). The fourth-order valence-corrected chi connectivity index (χ4v) is 3.30. The topological polar surface area (TPSA) is 85.6 Å². The molecule has 0 saturated heterocycles. The first-order valence-corrected chi connectivity index (χ1v) is 7.81. The first-order valence-electron chi connectivity index (χ1n) is 6.99. The number of carbonyl (C=O) groups excluding carboxylic acids is 2. The minimum Gasteiger partial charge on any atom is -0.465 e. The zero-order chi connectivity index (χ0) is 16.4. The Morgan fingerprint density at radius 1 is 1.26 bits per heavy atom. The number of thiophene rings is 1. The molecule has 2 aromatic heterocycles. The molecule has 0 aliphatic rings. The molecule has 0 saturated carbocycles. The number of hydrogen-bond acceptors (Lipinski definition) is 6. The van der Waals surface area contributed by atoms with Crippen molar-refractivity contribution in [2.45, 2.75) is 6.92 Å². The number of benzene rings is 1. The number of fused-ring (bicyclic) bond motifs is 3. The van der Waals surface area contributed by atoms with Crippen LogP contribution in [0.1, 0.15) is 16.6 Å². The molecule has 1 amide bonds. The second-order valence-corrected chi connectivity index (χ2v) is 5.78. The van der Waals surface area contributed by atoms with Crippen LogP contribution in [0.4, 0.5) is 0 Å². The fraction of sp³-hybridized carbons (Fsp3) is 0.188. The lowest BCUT2D eigenvalue weighted by Crippen LogP contribution is -2.30. The van der Waals surface area contributed by atoms with Crippen molar-refractivity contribution in [1.29, 1.82) is 0 Å². The van der Waals surface area contributed by atoms with Crippen molar-refractivity contribution in [3.8, 4) is 0 Å². The van der Waals surface area contributed by atoms with Crippen molar-refractivity contribution in [2.75, 3.05) is 13.2 Å². The van der Waals surface area contributed by atoms with Gasteiger partial charge in [-0.05, 0) is 25.1 Å². The van der Waals surface area contributed by atoms with Gasteiger partial charge < -0.3 is 14.5 Å². The molecule has 7 heteroatoms. The number of hydrogen-bond donors (Lipinski definition) is 1. The SMILES string of the molecule is CCOC(=O)CNC(=O)c1cc2c(=O)oc3ccccc3c2s1. The van der Waals surface area contributed by atoms with Gasteiger partial charge in [0.15, 0.2) is 0 Å². The van der Waals surface area contributed by atoms with E-state index < -0.39 is 17.5 Å². The van der Waals surface area contributed by atoms with Gasteiger partial charge in [-0.2, -0.15) is 0 Å². The highest BCUT2D eigenvalue weighted by Gasteiger charge is 2.16. The van der Waals surface area contributed by atoms with Gasteiger partial charge in [0.1, 0.15) is 12.1 Å². The predicted octanol–water partition coefficient (Wildman–Crippen LogP) is 2.30. The number of carbonyl (C=O) groups is 2. The summed E-state index contributed by atoms with van der Waals surface area (Å²) < 4.78 is 10.7. The number of esters is 1. The molecular weight excluding hydrogens is 318 g/mol. The van der Waals surface area contributed by atoms with E-state index in [9.17, 15) is 14.4 Å². The summed E-state index contributed by atoms with van der Waals surface area (Å²) in [6, 6.07) is 8.63. The lowest BCUT2D eigenvalue weighted by atomic mass is 10.2. The second kappa shape index (κ2) is 6.21. The summed E-state index contributed by atoms with van der Waals surface area (Å²) in [6.45, 7) is 1.73. The van der Waals surface area contributed by atoms with E-state index in [2.05, 4.69) is 5.32 Å². The van der Waals surface area contributed by atoms with E-state index in [1.807, 2.05) is 12.1 Å². The number of para-hydroxylation sites is 1. The summed E-state index contributed by atoms with van der Waals surface area (Å²) >= 11 is 1.19. The third kappa shape index (κ3) is 2.95. The Kier molecular flexibility index (Phi) is 4.12. The molecule has 0 aliphatic carbocycles. The molecule has 1 N–H and O–H groups in total. The van der Waals surface area contributed by atoms with Crippen molar-refractivity contribution in [1.82, 2.24) is 5.32 Å². The quantitative estimate of drug-likeness (QED) is 0.586. The first kappa shape index (κ1) is 15.2. The smallest absolute Gasteiger partial charge is 0.345 e. The van der Waals surface area contributed by atoms with Crippen LogP contribution in [0.3, 0.4) is 0 Å². The molecule has 0 radical (unpaired) electrons. The molecule has 0 fully saturated rings. The Morgan fingerprint density at radius 2 is 2.04 bits per heavy atom. The van der Waals surface area contributed by atoms with Gasteiger partial charge in [0, 0.05) is 5.39 Å². The minimum atomic E-state index is -0.507. The molecule has 1 aromatic carbocycles. The number of nitrogens with one attached hydrogen (secondary N) is 1. The maximum absolute atomic E-state index is 12.1. The van der Waals surface area contributed by atoms with Gasteiger partial charge in [-0.15, -0.1) is 11.3 Å². The van der Waals surface area contributed by atoms with Gasteiger partial charge >= 0.3 is 11.6 Å². The Balaban J connectivity index is 1.95. The molecule has 0 bridgehead atoms. The van der Waals surface area contributed by atoms with Crippen molar-refractivity contribution in [2.24, 2.45) is 0 Å². The number of rotatable bonds is 4. The van der Waals surface area contributed by atoms with Gasteiger partial charge in [-0.3, -0.25) is 9.59 Å². The summed E-state index contributed by atoms with van der Waals surface area (Å²) in [5, 5.41) is 3.61. The average Bonchev–Trinajstić information content (AvgIpc) is 2.99. The third-order valence-corrected chi connectivity index (χ3v) is 4.38. The molecule has 0 atom stereocenters. The molecule has 6 nitrogen and oxygen atoms in total. The predicted molar refractivity (Wildman–Crippen MR) is 86.8 cm³/mol. The molecule has 0 unspecified atom stereocenters. The van der Waals surface area contributed by atoms with Crippen LogP contribution < -0.4 is 10.9 Å². The van der Waals surface area contributed by atoms with Crippen LogP contribution in [0.5, 0.6) is 0 Å². The normalized spacial score (nSPS) is 10.8. The Bertz CT molecular complexity index is 956. The van der Waals surface area contributed by atoms with Crippen molar-refractivity contribution in [3.63, 3.8) is 0 Å². The van der Waals surface area contributed by atoms with Crippen LogP contribution in [0.15, 0.2) is 39.5 Å². The lowest BCUT2D eigenvalue weighted by molar-refractivity contribution is -0.141. The second-order valence-electron chi connectivity index (χ2n) is 4.73. The largest absolute Gasteiger partial charge is 0.465 e. The Hall–Kier alpha value is -2.67. The van der Waals surface area contributed by atoms with Gasteiger partial charge in [-0.25, -0.2) is 4.79 Å². The van der Waals surface area contributed by atoms with Crippen LogP contribution in [0, 0.1) is 0 Å². The molecule has 2 heterocycles. The van der Waals surface area contributed by atoms with E-state index >= 15 is 0 Å². The highest BCUT2D eigenvalue weighted by Crippen LogP contribution is 2.30. The lowest BCUT2D eigenvalue weighted by Gasteiger charge is -2.02. The van der Waals surface area contributed by atoms with E-state index in [0.717, 1.165) is 5.39 Å². The van der Waals surface area contributed by atoms with E-state index in [1.54, 1.807) is 19.1 Å². The Labute approximate surface area is 134 Å². The van der Waals surface area contributed by atoms with Crippen LogP contribution in [-0.4, -0.2) is 25.0 Å². The number of ether oxygens (including phenoxy) is 1. The highest BCUT2D eigenvalue weighted by atomic mass is 32.1. The van der Waals surface area contributed by atoms with Crippen LogP contribution in [0.25, 0.3) is 21.1 Å². The molecular formula is C16H13NO5S. The average molecular weight is 331 g/mol. The summed E-state index contributed by atoms with van der Waals surface area (Å²) in [5.74, 6) is -0.936. The zero-order valence-corrected chi connectivity index (χ0v) is 13.1. The van der Waals surface area contributed by atoms with Crippen LogP contribution >= 0.6 is 11.3 Å². The summed E-state index contributed by atoms with van der Waals surface area (Å²) in [6.07, 6.45) is 0. The Morgan fingerprint density at radius 3 is 2.83 bits per heavy atom. The number of amides is 1. The molecule has 118 valence electrons. The van der Waals surface area contributed by atoms with Crippen molar-refractivity contribution >= 4 is 44.3 Å². The monoisotopic (exact) mass is 331 g/mol. The van der Waals surface area contributed by atoms with Gasteiger partial charge in [0.2, 0.25) is 0 Å². The standard InChI is InChI=1S/C16H13NO5S/c1-2-21-13(18)8-17-15(19)12-7-10-14(23-12)9-5-3-4-6-11(9)22-16(10)20/h3-7H,2,8H2,1H3,(H,17,19). The maximum Gasteiger partial charge on any atom is 0.345 e. The molecule has 23 heavy (non-hydrogen) atoms. The third-order valence-electron chi connectivity index (χ3n) is 3.21. The summed E-state index contributed by atoms with van der Waals surface area (Å²) in [5.41, 5.74) is -0.00951. The van der Waals surface area contributed by atoms with E-state index in [-0.39, 0.29) is 13.2 Å². The van der Waals surface area contributed by atoms with Crippen LogP contribution in [0.2, 0.25) is 0 Å². The fourth-order valence-electron chi connectivity index (χ4n) is 2.20. The zero-order valence-electron chi connectivity index (χ0n) is 12.3. The van der Waals surface area contributed by atoms with Gasteiger partial charge in [0.05, 0.1) is 21.6 Å². The van der Waals surface area contributed by atoms with E-state index in [0.29, 0.717) is 20.5 Å². The molecule has 0 aliphatic heterocycles.